The van der Waals surface area contributed by atoms with Crippen LogP contribution in [0, 0.1) is 5.82 Å². The first kappa shape index (κ1) is 16.3. The molecule has 6 nitrogen and oxygen atoms in total. The maximum absolute atomic E-state index is 13.1. The SMILES string of the molecule is NC(=O)Cc1cc(OCCCOc2cc(F)ccc2Br)no1. The highest BCUT2D eigenvalue weighted by atomic mass is 79.9. The molecule has 0 radical (unpaired) electrons. The summed E-state index contributed by atoms with van der Waals surface area (Å²) in [6, 6.07) is 5.73. The second-order valence-corrected chi connectivity index (χ2v) is 5.25. The van der Waals surface area contributed by atoms with E-state index in [1.807, 2.05) is 0 Å². The smallest absolute Gasteiger partial charge is 0.254 e. The number of amides is 1. The largest absolute Gasteiger partial charge is 0.492 e. The first-order chi connectivity index (χ1) is 10.5. The number of aromatic nitrogens is 1. The molecule has 2 N–H and O–H groups in total. The van der Waals surface area contributed by atoms with Crippen LogP contribution in [0.4, 0.5) is 4.39 Å². The van der Waals surface area contributed by atoms with E-state index in [2.05, 4.69) is 21.1 Å². The van der Waals surface area contributed by atoms with Crippen LogP contribution in [0.3, 0.4) is 0 Å². The van der Waals surface area contributed by atoms with Crippen LogP contribution in [-0.2, 0) is 11.2 Å². The zero-order valence-corrected chi connectivity index (χ0v) is 13.1. The van der Waals surface area contributed by atoms with Gasteiger partial charge in [-0.15, -0.1) is 0 Å². The molecule has 8 heteroatoms. The van der Waals surface area contributed by atoms with Crippen LogP contribution in [0.1, 0.15) is 12.2 Å². The molecular formula is C14H14BrFN2O4. The van der Waals surface area contributed by atoms with E-state index in [1.54, 1.807) is 6.07 Å². The van der Waals surface area contributed by atoms with E-state index in [0.717, 1.165) is 0 Å². The van der Waals surface area contributed by atoms with Crippen molar-refractivity contribution in [2.45, 2.75) is 12.8 Å². The average Bonchev–Trinajstić information content (AvgIpc) is 2.89. The van der Waals surface area contributed by atoms with Gasteiger partial charge in [-0.1, -0.05) is 0 Å². The van der Waals surface area contributed by atoms with E-state index < -0.39 is 5.91 Å². The number of nitrogens with zero attached hydrogens (tertiary/aromatic N) is 1. The molecule has 22 heavy (non-hydrogen) atoms. The molecule has 1 heterocycles. The second kappa shape index (κ2) is 7.79. The molecule has 0 spiro atoms. The number of carbonyl (C=O) groups is 1. The summed E-state index contributed by atoms with van der Waals surface area (Å²) in [5, 5.41) is 3.65. The Balaban J connectivity index is 1.70. The summed E-state index contributed by atoms with van der Waals surface area (Å²) >= 11 is 3.28. The molecule has 118 valence electrons. The third-order valence-corrected chi connectivity index (χ3v) is 3.23. The van der Waals surface area contributed by atoms with Crippen LogP contribution in [0.25, 0.3) is 0 Å². The van der Waals surface area contributed by atoms with Crippen LogP contribution in [0.2, 0.25) is 0 Å². The van der Waals surface area contributed by atoms with E-state index in [4.69, 9.17) is 19.7 Å². The predicted octanol–water partition coefficient (Wildman–Crippen LogP) is 2.45. The lowest BCUT2D eigenvalue weighted by Gasteiger charge is -2.08. The van der Waals surface area contributed by atoms with Gasteiger partial charge in [0.15, 0.2) is 0 Å². The highest BCUT2D eigenvalue weighted by Gasteiger charge is 2.08. The normalized spacial score (nSPS) is 10.5. The fraction of sp³-hybridized carbons (Fsp3) is 0.286. The molecule has 0 saturated carbocycles. The monoisotopic (exact) mass is 372 g/mol. The molecule has 0 aliphatic heterocycles. The van der Waals surface area contributed by atoms with Gasteiger partial charge >= 0.3 is 0 Å². The summed E-state index contributed by atoms with van der Waals surface area (Å²) < 4.78 is 29.4. The van der Waals surface area contributed by atoms with Gasteiger partial charge < -0.3 is 19.7 Å². The molecule has 2 aromatic rings. The molecule has 0 aliphatic rings. The molecule has 0 aliphatic carbocycles. The number of rotatable bonds is 8. The molecule has 1 aromatic heterocycles. The lowest BCUT2D eigenvalue weighted by atomic mass is 10.3. The molecule has 1 aromatic carbocycles. The lowest BCUT2D eigenvalue weighted by molar-refractivity contribution is -0.117. The van der Waals surface area contributed by atoms with Crippen molar-refractivity contribution in [3.05, 3.63) is 40.3 Å². The Morgan fingerprint density at radius 1 is 1.32 bits per heavy atom. The fourth-order valence-corrected chi connectivity index (χ4v) is 1.98. The van der Waals surface area contributed by atoms with E-state index in [9.17, 15) is 9.18 Å². The van der Waals surface area contributed by atoms with Crippen LogP contribution in [0.15, 0.2) is 33.3 Å². The average molecular weight is 373 g/mol. The van der Waals surface area contributed by atoms with Gasteiger partial charge in [-0.25, -0.2) is 4.39 Å². The Morgan fingerprint density at radius 2 is 2.09 bits per heavy atom. The van der Waals surface area contributed by atoms with Crippen molar-refractivity contribution in [1.82, 2.24) is 5.16 Å². The maximum Gasteiger partial charge on any atom is 0.254 e. The van der Waals surface area contributed by atoms with E-state index >= 15 is 0 Å². The molecule has 2 rings (SSSR count). The van der Waals surface area contributed by atoms with Crippen molar-refractivity contribution in [2.75, 3.05) is 13.2 Å². The maximum atomic E-state index is 13.1. The first-order valence-corrected chi connectivity index (χ1v) is 7.28. The van der Waals surface area contributed by atoms with Crippen LogP contribution in [-0.4, -0.2) is 24.3 Å². The number of hydrogen-bond acceptors (Lipinski definition) is 5. The zero-order valence-electron chi connectivity index (χ0n) is 11.6. The van der Waals surface area contributed by atoms with Gasteiger partial charge in [-0.05, 0) is 33.2 Å². The van der Waals surface area contributed by atoms with Gasteiger partial charge in [0.2, 0.25) is 5.91 Å². The summed E-state index contributed by atoms with van der Waals surface area (Å²) in [4.78, 5) is 10.7. The Kier molecular flexibility index (Phi) is 5.76. The minimum absolute atomic E-state index is 0.0208. The highest BCUT2D eigenvalue weighted by molar-refractivity contribution is 9.10. The minimum atomic E-state index is -0.503. The topological polar surface area (TPSA) is 87.6 Å². The second-order valence-electron chi connectivity index (χ2n) is 4.40. The molecule has 0 unspecified atom stereocenters. The predicted molar refractivity (Wildman–Crippen MR) is 79.1 cm³/mol. The van der Waals surface area contributed by atoms with Crippen molar-refractivity contribution < 1.29 is 23.2 Å². The third-order valence-electron chi connectivity index (χ3n) is 2.58. The van der Waals surface area contributed by atoms with Crippen molar-refractivity contribution >= 4 is 21.8 Å². The number of nitrogens with two attached hydrogens (primary N) is 1. The number of primary amides is 1. The zero-order chi connectivity index (χ0) is 15.9. The van der Waals surface area contributed by atoms with Gasteiger partial charge in [0.1, 0.15) is 17.3 Å². The van der Waals surface area contributed by atoms with Crippen molar-refractivity contribution in [3.8, 4) is 11.6 Å². The number of halogens is 2. The Labute approximate surface area is 134 Å². The van der Waals surface area contributed by atoms with Gasteiger partial charge in [-0.2, -0.15) is 0 Å². The number of benzene rings is 1. The van der Waals surface area contributed by atoms with Gasteiger partial charge in [0.05, 0.1) is 24.1 Å². The van der Waals surface area contributed by atoms with E-state index in [1.165, 1.54) is 18.2 Å². The third kappa shape index (κ3) is 5.03. The Bertz CT molecular complexity index is 648. The lowest BCUT2D eigenvalue weighted by Crippen LogP contribution is -2.12. The van der Waals surface area contributed by atoms with E-state index in [-0.39, 0.29) is 18.1 Å². The van der Waals surface area contributed by atoms with E-state index in [0.29, 0.717) is 35.6 Å². The molecule has 0 bridgehead atoms. The summed E-state index contributed by atoms with van der Waals surface area (Å²) in [6.45, 7) is 0.698. The standard InChI is InChI=1S/C14H14BrFN2O4/c15-11-3-2-9(16)6-12(11)20-4-1-5-21-14-8-10(22-18-14)7-13(17)19/h2-3,6,8H,1,4-5,7H2,(H2,17,19). The van der Waals surface area contributed by atoms with Gasteiger partial charge in [0, 0.05) is 18.6 Å². The first-order valence-electron chi connectivity index (χ1n) is 6.49. The molecule has 0 atom stereocenters. The van der Waals surface area contributed by atoms with Gasteiger partial charge in [-0.3, -0.25) is 4.79 Å². The van der Waals surface area contributed by atoms with Crippen molar-refractivity contribution in [1.29, 1.82) is 0 Å². The number of carbonyl (C=O) groups excluding carboxylic acids is 1. The number of ether oxygens (including phenoxy) is 2. The Morgan fingerprint density at radius 3 is 2.86 bits per heavy atom. The molecule has 0 saturated heterocycles. The van der Waals surface area contributed by atoms with Crippen LogP contribution in [0.5, 0.6) is 11.6 Å². The fourth-order valence-electron chi connectivity index (χ4n) is 1.62. The minimum Gasteiger partial charge on any atom is -0.492 e. The molecule has 1 amide bonds. The summed E-state index contributed by atoms with van der Waals surface area (Å²) in [7, 11) is 0. The van der Waals surface area contributed by atoms with Crippen molar-refractivity contribution in [3.63, 3.8) is 0 Å². The summed E-state index contributed by atoms with van der Waals surface area (Å²) in [6.07, 6.45) is 0.550. The highest BCUT2D eigenvalue weighted by Crippen LogP contribution is 2.25. The Hall–Kier alpha value is -2.09. The van der Waals surface area contributed by atoms with Crippen LogP contribution < -0.4 is 15.2 Å². The molecule has 0 fully saturated rings. The van der Waals surface area contributed by atoms with Crippen molar-refractivity contribution in [2.24, 2.45) is 5.73 Å². The summed E-state index contributed by atoms with van der Waals surface area (Å²) in [5.74, 6) is 0.201. The number of hydrogen-bond donors (Lipinski definition) is 1. The van der Waals surface area contributed by atoms with Crippen LogP contribution >= 0.6 is 15.9 Å². The quantitative estimate of drug-likeness (QED) is 0.719. The van der Waals surface area contributed by atoms with Gasteiger partial charge in [0.25, 0.3) is 5.88 Å². The molecular weight excluding hydrogens is 359 g/mol. The summed E-state index contributed by atoms with van der Waals surface area (Å²) in [5.41, 5.74) is 5.04.